The first-order chi connectivity index (χ1) is 13.0. The Hall–Kier alpha value is -2.79. The summed E-state index contributed by atoms with van der Waals surface area (Å²) in [6, 6.07) is 12.4. The van der Waals surface area contributed by atoms with E-state index < -0.39 is 5.63 Å². The van der Waals surface area contributed by atoms with Gasteiger partial charge in [-0.25, -0.2) is 4.79 Å². The zero-order valence-electron chi connectivity index (χ0n) is 15.1. The van der Waals surface area contributed by atoms with E-state index in [-0.39, 0.29) is 12.4 Å². The number of hydrogen-bond acceptors (Lipinski definition) is 5. The molecule has 0 N–H and O–H groups in total. The Balaban J connectivity index is 1.94. The lowest BCUT2D eigenvalue weighted by Crippen LogP contribution is -2.05. The predicted molar refractivity (Wildman–Crippen MR) is 103 cm³/mol. The summed E-state index contributed by atoms with van der Waals surface area (Å²) in [6.45, 7) is 2.17. The van der Waals surface area contributed by atoms with Gasteiger partial charge in [-0.1, -0.05) is 23.7 Å². The molecule has 5 nitrogen and oxygen atoms in total. The summed E-state index contributed by atoms with van der Waals surface area (Å²) < 4.78 is 16.0. The summed E-state index contributed by atoms with van der Waals surface area (Å²) in [5, 5.41) is 1.47. The molecule has 1 aromatic heterocycles. The van der Waals surface area contributed by atoms with E-state index in [1.54, 1.807) is 18.2 Å². The van der Waals surface area contributed by atoms with Gasteiger partial charge in [0.25, 0.3) is 0 Å². The quantitative estimate of drug-likeness (QED) is 0.463. The average molecular weight is 387 g/mol. The lowest BCUT2D eigenvalue weighted by atomic mass is 10.0. The van der Waals surface area contributed by atoms with Crippen LogP contribution in [-0.2, 0) is 22.6 Å². The molecule has 3 aromatic rings. The minimum absolute atomic E-state index is 0.231. The largest absolute Gasteiger partial charge is 0.488 e. The van der Waals surface area contributed by atoms with Crippen LogP contribution in [0.1, 0.15) is 23.1 Å². The first-order valence-electron chi connectivity index (χ1n) is 8.47. The van der Waals surface area contributed by atoms with Crippen LogP contribution in [0.2, 0.25) is 5.02 Å². The Morgan fingerprint density at radius 1 is 1.15 bits per heavy atom. The molecule has 0 aliphatic rings. The number of fused-ring (bicyclic) bond motifs is 1. The average Bonchev–Trinajstić information content (AvgIpc) is 2.65. The van der Waals surface area contributed by atoms with Gasteiger partial charge in [0, 0.05) is 29.0 Å². The van der Waals surface area contributed by atoms with Crippen LogP contribution >= 0.6 is 11.6 Å². The molecule has 0 saturated carbocycles. The normalized spacial score (nSPS) is 10.8. The van der Waals surface area contributed by atoms with Gasteiger partial charge in [0.2, 0.25) is 0 Å². The first kappa shape index (κ1) is 19.0. The Bertz CT molecular complexity index is 1020. The lowest BCUT2D eigenvalue weighted by molar-refractivity contribution is -0.140. The van der Waals surface area contributed by atoms with Crippen molar-refractivity contribution < 1.29 is 18.7 Å². The molecule has 0 aliphatic heterocycles. The smallest absolute Gasteiger partial charge is 0.336 e. The number of carbonyl (C=O) groups excluding carboxylic acids is 1. The van der Waals surface area contributed by atoms with Crippen LogP contribution in [0.3, 0.4) is 0 Å². The van der Waals surface area contributed by atoms with Crippen LogP contribution in [0.25, 0.3) is 11.0 Å². The maximum Gasteiger partial charge on any atom is 0.336 e. The number of aryl methyl sites for hydroxylation is 2. The van der Waals surface area contributed by atoms with Gasteiger partial charge in [0.05, 0.1) is 7.11 Å². The maximum atomic E-state index is 11.7. The molecule has 0 aliphatic carbocycles. The van der Waals surface area contributed by atoms with Crippen molar-refractivity contribution in [1.29, 1.82) is 0 Å². The van der Waals surface area contributed by atoms with Crippen molar-refractivity contribution in [2.45, 2.75) is 26.4 Å². The number of carbonyl (C=O) groups is 1. The predicted octanol–water partition coefficient (Wildman–Crippen LogP) is 4.44. The lowest BCUT2D eigenvalue weighted by Gasteiger charge is -2.13. The molecule has 2 aromatic carbocycles. The van der Waals surface area contributed by atoms with Crippen LogP contribution in [0, 0.1) is 6.92 Å². The molecule has 27 heavy (non-hydrogen) atoms. The van der Waals surface area contributed by atoms with E-state index in [4.69, 9.17) is 25.5 Å². The molecular weight excluding hydrogens is 368 g/mol. The molecule has 0 radical (unpaired) electrons. The highest BCUT2D eigenvalue weighted by Gasteiger charge is 2.13. The number of methoxy groups -OCH3 is 1. The van der Waals surface area contributed by atoms with Crippen LogP contribution in [0.5, 0.6) is 5.75 Å². The van der Waals surface area contributed by atoms with E-state index in [2.05, 4.69) is 0 Å². The molecule has 0 atom stereocenters. The molecule has 3 rings (SSSR count). The molecular formula is C21H19ClO5. The minimum Gasteiger partial charge on any atom is -0.488 e. The van der Waals surface area contributed by atoms with E-state index in [1.807, 2.05) is 25.1 Å². The molecule has 0 unspecified atom stereocenters. The summed E-state index contributed by atoms with van der Waals surface area (Å²) in [5.41, 5.74) is 2.65. The number of benzene rings is 2. The highest BCUT2D eigenvalue weighted by Crippen LogP contribution is 2.29. The van der Waals surface area contributed by atoms with Crippen molar-refractivity contribution in [3.8, 4) is 5.75 Å². The summed E-state index contributed by atoms with van der Waals surface area (Å²) in [4.78, 5) is 23.2. The number of rotatable bonds is 6. The zero-order chi connectivity index (χ0) is 19.4. The van der Waals surface area contributed by atoms with Crippen molar-refractivity contribution in [3.63, 3.8) is 0 Å². The summed E-state index contributed by atoms with van der Waals surface area (Å²) in [7, 11) is 1.36. The molecule has 0 bridgehead atoms. The van der Waals surface area contributed by atoms with Crippen molar-refractivity contribution >= 4 is 28.5 Å². The van der Waals surface area contributed by atoms with Crippen LogP contribution in [-0.4, -0.2) is 13.1 Å². The van der Waals surface area contributed by atoms with Crippen LogP contribution in [0.4, 0.5) is 0 Å². The zero-order valence-corrected chi connectivity index (χ0v) is 15.8. The molecule has 0 fully saturated rings. The summed E-state index contributed by atoms with van der Waals surface area (Å²) in [6.07, 6.45) is 0.687. The van der Waals surface area contributed by atoms with Crippen molar-refractivity contribution in [2.24, 2.45) is 0 Å². The highest BCUT2D eigenvalue weighted by molar-refractivity contribution is 6.30. The summed E-state index contributed by atoms with van der Waals surface area (Å²) >= 11 is 5.91. The standard InChI is InChI=1S/C21H19ClO5/c1-13-9-21(24)27-19-11-18(26-12-14-3-6-16(22)7-4-14)15(10-17(13)19)5-8-20(23)25-2/h3-4,6-7,9-11H,5,8,12H2,1-2H3. The Morgan fingerprint density at radius 2 is 1.89 bits per heavy atom. The fraction of sp³-hybridized carbons (Fsp3) is 0.238. The third-order valence-corrected chi connectivity index (χ3v) is 4.52. The number of halogens is 1. The van der Waals surface area contributed by atoms with E-state index in [1.165, 1.54) is 13.2 Å². The van der Waals surface area contributed by atoms with Gasteiger partial charge in [0.1, 0.15) is 17.9 Å². The van der Waals surface area contributed by atoms with Crippen molar-refractivity contribution in [2.75, 3.05) is 7.11 Å². The van der Waals surface area contributed by atoms with Gasteiger partial charge in [-0.2, -0.15) is 0 Å². The Morgan fingerprint density at radius 3 is 2.59 bits per heavy atom. The highest BCUT2D eigenvalue weighted by atomic mass is 35.5. The van der Waals surface area contributed by atoms with Crippen LogP contribution < -0.4 is 10.4 Å². The molecule has 140 valence electrons. The van der Waals surface area contributed by atoms with Crippen molar-refractivity contribution in [1.82, 2.24) is 0 Å². The van der Waals surface area contributed by atoms with Crippen LogP contribution in [0.15, 0.2) is 51.7 Å². The second-order valence-electron chi connectivity index (χ2n) is 6.20. The fourth-order valence-corrected chi connectivity index (χ4v) is 2.93. The van der Waals surface area contributed by atoms with E-state index >= 15 is 0 Å². The fourth-order valence-electron chi connectivity index (χ4n) is 2.80. The molecule has 0 saturated heterocycles. The van der Waals surface area contributed by atoms with Gasteiger partial charge in [-0.05, 0) is 48.2 Å². The minimum atomic E-state index is -0.411. The first-order valence-corrected chi connectivity index (χ1v) is 8.85. The van der Waals surface area contributed by atoms with E-state index in [0.717, 1.165) is 22.1 Å². The van der Waals surface area contributed by atoms with Gasteiger partial charge in [0.15, 0.2) is 0 Å². The third-order valence-electron chi connectivity index (χ3n) is 4.27. The Kier molecular flexibility index (Phi) is 5.81. The Labute approximate surface area is 161 Å². The molecule has 6 heteroatoms. The van der Waals surface area contributed by atoms with E-state index in [9.17, 15) is 9.59 Å². The second-order valence-corrected chi connectivity index (χ2v) is 6.63. The van der Waals surface area contributed by atoms with E-state index in [0.29, 0.717) is 29.4 Å². The van der Waals surface area contributed by atoms with Gasteiger partial charge in [-0.3, -0.25) is 4.79 Å². The topological polar surface area (TPSA) is 65.7 Å². The number of esters is 1. The maximum absolute atomic E-state index is 11.7. The van der Waals surface area contributed by atoms with Gasteiger partial charge < -0.3 is 13.9 Å². The molecule has 0 spiro atoms. The van der Waals surface area contributed by atoms with Crippen molar-refractivity contribution in [3.05, 3.63) is 74.6 Å². The SMILES string of the molecule is COC(=O)CCc1cc2c(C)cc(=O)oc2cc1OCc1ccc(Cl)cc1. The number of hydrogen-bond donors (Lipinski definition) is 0. The molecule has 1 heterocycles. The third kappa shape index (κ3) is 4.68. The monoisotopic (exact) mass is 386 g/mol. The molecule has 0 amide bonds. The number of ether oxygens (including phenoxy) is 2. The van der Waals surface area contributed by atoms with Gasteiger partial charge >= 0.3 is 11.6 Å². The van der Waals surface area contributed by atoms with Gasteiger partial charge in [-0.15, -0.1) is 0 Å². The summed E-state index contributed by atoms with van der Waals surface area (Å²) in [5.74, 6) is 0.269. The second kappa shape index (κ2) is 8.27.